The molecule has 0 saturated heterocycles. The molecule has 2 amide bonds. The first-order valence-electron chi connectivity index (χ1n) is 6.99. The highest BCUT2D eigenvalue weighted by Gasteiger charge is 2.17. The molecular formula is C15H18N4O. The van der Waals surface area contributed by atoms with Gasteiger partial charge in [0.15, 0.2) is 0 Å². The Morgan fingerprint density at radius 3 is 2.75 bits per heavy atom. The molecule has 1 aromatic carbocycles. The van der Waals surface area contributed by atoms with Gasteiger partial charge in [0.25, 0.3) is 0 Å². The van der Waals surface area contributed by atoms with Crippen molar-refractivity contribution in [3.8, 4) is 5.69 Å². The van der Waals surface area contributed by atoms with Crippen LogP contribution in [0.15, 0.2) is 42.7 Å². The summed E-state index contributed by atoms with van der Waals surface area (Å²) in [6, 6.07) is 9.66. The maximum atomic E-state index is 12.0. The Hall–Kier alpha value is -2.30. The van der Waals surface area contributed by atoms with E-state index >= 15 is 0 Å². The molecule has 1 aliphatic carbocycles. The number of aromatic nitrogens is 2. The molecule has 0 spiro atoms. The van der Waals surface area contributed by atoms with Crippen LogP contribution in [-0.4, -0.2) is 21.9 Å². The molecule has 1 heterocycles. The first-order valence-corrected chi connectivity index (χ1v) is 6.99. The third-order valence-corrected chi connectivity index (χ3v) is 3.59. The van der Waals surface area contributed by atoms with E-state index in [1.54, 1.807) is 10.9 Å². The number of hydrogen-bond donors (Lipinski definition) is 2. The van der Waals surface area contributed by atoms with E-state index < -0.39 is 0 Å². The predicted molar refractivity (Wildman–Crippen MR) is 78.0 cm³/mol. The van der Waals surface area contributed by atoms with Gasteiger partial charge in [-0.25, -0.2) is 9.48 Å². The zero-order chi connectivity index (χ0) is 13.8. The second-order valence-corrected chi connectivity index (χ2v) is 5.05. The van der Waals surface area contributed by atoms with Crippen LogP contribution in [0, 0.1) is 0 Å². The third kappa shape index (κ3) is 2.82. The molecule has 20 heavy (non-hydrogen) atoms. The Bertz CT molecular complexity index is 573. The van der Waals surface area contributed by atoms with Gasteiger partial charge in [-0.1, -0.05) is 25.0 Å². The van der Waals surface area contributed by atoms with E-state index in [1.807, 2.05) is 36.5 Å². The molecule has 1 aliphatic rings. The molecular weight excluding hydrogens is 252 g/mol. The Kier molecular flexibility index (Phi) is 3.67. The van der Waals surface area contributed by atoms with E-state index in [9.17, 15) is 4.79 Å². The fraction of sp³-hybridized carbons (Fsp3) is 0.333. The highest BCUT2D eigenvalue weighted by Crippen LogP contribution is 2.20. The molecule has 0 aliphatic heterocycles. The summed E-state index contributed by atoms with van der Waals surface area (Å²) in [7, 11) is 0. The topological polar surface area (TPSA) is 59.0 Å². The largest absolute Gasteiger partial charge is 0.335 e. The lowest BCUT2D eigenvalue weighted by molar-refractivity contribution is 0.248. The molecule has 1 aromatic heterocycles. The number of nitrogens with zero attached hydrogens (tertiary/aromatic N) is 2. The van der Waals surface area contributed by atoms with Crippen molar-refractivity contribution in [1.29, 1.82) is 0 Å². The summed E-state index contributed by atoms with van der Waals surface area (Å²) in [6.45, 7) is 0. The van der Waals surface area contributed by atoms with Gasteiger partial charge in [0, 0.05) is 18.4 Å². The minimum Gasteiger partial charge on any atom is -0.335 e. The van der Waals surface area contributed by atoms with Gasteiger partial charge in [-0.3, -0.25) is 0 Å². The van der Waals surface area contributed by atoms with Crippen molar-refractivity contribution in [3.63, 3.8) is 0 Å². The fourth-order valence-electron chi connectivity index (χ4n) is 2.60. The number of para-hydroxylation sites is 2. The summed E-state index contributed by atoms with van der Waals surface area (Å²) >= 11 is 0. The Morgan fingerprint density at radius 1 is 1.20 bits per heavy atom. The minimum absolute atomic E-state index is 0.142. The number of rotatable bonds is 3. The summed E-state index contributed by atoms with van der Waals surface area (Å²) in [5, 5.41) is 10.1. The van der Waals surface area contributed by atoms with Crippen LogP contribution in [0.4, 0.5) is 10.5 Å². The van der Waals surface area contributed by atoms with Crippen LogP contribution < -0.4 is 10.6 Å². The van der Waals surface area contributed by atoms with Gasteiger partial charge in [0.2, 0.25) is 0 Å². The van der Waals surface area contributed by atoms with Crippen LogP contribution in [0.25, 0.3) is 5.69 Å². The molecule has 104 valence electrons. The zero-order valence-electron chi connectivity index (χ0n) is 11.2. The van der Waals surface area contributed by atoms with Crippen molar-refractivity contribution in [2.75, 3.05) is 5.32 Å². The average molecular weight is 270 g/mol. The summed E-state index contributed by atoms with van der Waals surface area (Å²) in [6.07, 6.45) is 8.14. The molecule has 0 atom stereocenters. The van der Waals surface area contributed by atoms with E-state index in [-0.39, 0.29) is 6.03 Å². The van der Waals surface area contributed by atoms with Crippen molar-refractivity contribution in [2.24, 2.45) is 0 Å². The number of carbonyl (C=O) groups is 1. The van der Waals surface area contributed by atoms with Crippen LogP contribution in [0.2, 0.25) is 0 Å². The molecule has 1 fully saturated rings. The van der Waals surface area contributed by atoms with Crippen molar-refractivity contribution < 1.29 is 4.79 Å². The lowest BCUT2D eigenvalue weighted by Crippen LogP contribution is -2.36. The number of amides is 2. The van der Waals surface area contributed by atoms with Crippen LogP contribution in [0.3, 0.4) is 0 Å². The molecule has 0 radical (unpaired) electrons. The maximum Gasteiger partial charge on any atom is 0.319 e. The predicted octanol–water partition coefficient (Wildman–Crippen LogP) is 2.94. The number of urea groups is 1. The van der Waals surface area contributed by atoms with Crippen molar-refractivity contribution in [2.45, 2.75) is 31.7 Å². The van der Waals surface area contributed by atoms with Gasteiger partial charge in [0.05, 0.1) is 11.4 Å². The highest BCUT2D eigenvalue weighted by molar-refractivity contribution is 5.91. The Morgan fingerprint density at radius 2 is 2.00 bits per heavy atom. The molecule has 0 unspecified atom stereocenters. The van der Waals surface area contributed by atoms with Crippen LogP contribution in [0.5, 0.6) is 0 Å². The summed E-state index contributed by atoms with van der Waals surface area (Å²) in [4.78, 5) is 12.0. The smallest absolute Gasteiger partial charge is 0.319 e. The molecule has 3 rings (SSSR count). The molecule has 0 bridgehead atoms. The average Bonchev–Trinajstić information content (AvgIpc) is 3.11. The van der Waals surface area contributed by atoms with Gasteiger partial charge < -0.3 is 10.6 Å². The zero-order valence-corrected chi connectivity index (χ0v) is 11.2. The molecule has 1 saturated carbocycles. The SMILES string of the molecule is O=C(Nc1ccccc1-n1cccn1)NC1CCCC1. The van der Waals surface area contributed by atoms with Gasteiger partial charge >= 0.3 is 6.03 Å². The summed E-state index contributed by atoms with van der Waals surface area (Å²) < 4.78 is 1.74. The number of hydrogen-bond acceptors (Lipinski definition) is 2. The first-order chi connectivity index (χ1) is 9.83. The van der Waals surface area contributed by atoms with Crippen molar-refractivity contribution >= 4 is 11.7 Å². The summed E-state index contributed by atoms with van der Waals surface area (Å²) in [5.41, 5.74) is 1.62. The van der Waals surface area contributed by atoms with Gasteiger partial charge in [-0.05, 0) is 31.0 Å². The van der Waals surface area contributed by atoms with E-state index in [4.69, 9.17) is 0 Å². The normalized spacial score (nSPS) is 15.2. The van der Waals surface area contributed by atoms with Gasteiger partial charge in [-0.15, -0.1) is 0 Å². The standard InChI is InChI=1S/C15H18N4O/c20-15(17-12-6-1-2-7-12)18-13-8-3-4-9-14(13)19-11-5-10-16-19/h3-5,8-12H,1-2,6-7H2,(H2,17,18,20). The Labute approximate surface area is 118 Å². The lowest BCUT2D eigenvalue weighted by Gasteiger charge is -2.15. The first kappa shape index (κ1) is 12.7. The monoisotopic (exact) mass is 270 g/mol. The molecule has 2 N–H and O–H groups in total. The van der Waals surface area contributed by atoms with E-state index in [2.05, 4.69) is 15.7 Å². The second-order valence-electron chi connectivity index (χ2n) is 5.05. The molecule has 2 aromatic rings. The number of carbonyl (C=O) groups excluding carboxylic acids is 1. The van der Waals surface area contributed by atoms with E-state index in [0.717, 1.165) is 24.2 Å². The number of anilines is 1. The quantitative estimate of drug-likeness (QED) is 0.901. The fourth-order valence-corrected chi connectivity index (χ4v) is 2.60. The molecule has 5 heteroatoms. The van der Waals surface area contributed by atoms with Crippen LogP contribution in [0.1, 0.15) is 25.7 Å². The van der Waals surface area contributed by atoms with Gasteiger partial charge in [-0.2, -0.15) is 5.10 Å². The van der Waals surface area contributed by atoms with Gasteiger partial charge in [0.1, 0.15) is 0 Å². The maximum absolute atomic E-state index is 12.0. The van der Waals surface area contributed by atoms with Crippen LogP contribution >= 0.6 is 0 Å². The molecule has 5 nitrogen and oxygen atoms in total. The minimum atomic E-state index is -0.142. The highest BCUT2D eigenvalue weighted by atomic mass is 16.2. The summed E-state index contributed by atoms with van der Waals surface area (Å²) in [5.74, 6) is 0. The Balaban J connectivity index is 1.72. The van der Waals surface area contributed by atoms with Crippen molar-refractivity contribution in [1.82, 2.24) is 15.1 Å². The van der Waals surface area contributed by atoms with E-state index in [0.29, 0.717) is 6.04 Å². The number of nitrogens with one attached hydrogen (secondary N) is 2. The van der Waals surface area contributed by atoms with Crippen LogP contribution in [-0.2, 0) is 0 Å². The second kappa shape index (κ2) is 5.77. The van der Waals surface area contributed by atoms with Crippen molar-refractivity contribution in [3.05, 3.63) is 42.7 Å². The lowest BCUT2D eigenvalue weighted by atomic mass is 10.2. The third-order valence-electron chi connectivity index (χ3n) is 3.59. The van der Waals surface area contributed by atoms with E-state index in [1.165, 1.54) is 12.8 Å². The number of benzene rings is 1.